The Morgan fingerprint density at radius 2 is 1.79 bits per heavy atom. The molecule has 5 rings (SSSR count). The number of ether oxygens (including phenoxy) is 2. The molecule has 3 fully saturated rings. The van der Waals surface area contributed by atoms with E-state index in [1.54, 1.807) is 4.90 Å². The van der Waals surface area contributed by atoms with Crippen molar-refractivity contribution in [1.82, 2.24) is 5.32 Å². The first kappa shape index (κ1) is 18.8. The lowest BCUT2D eigenvalue weighted by Crippen LogP contribution is -2.44. The molecule has 0 bridgehead atoms. The highest BCUT2D eigenvalue weighted by Crippen LogP contribution is 2.41. The fourth-order valence-electron chi connectivity index (χ4n) is 5.66. The Hall–Kier alpha value is -2.24. The number of rotatable bonds is 3. The maximum atomic E-state index is 12.9. The van der Waals surface area contributed by atoms with Crippen LogP contribution in [0.1, 0.15) is 51.4 Å². The molecule has 2 amide bonds. The number of benzene rings is 1. The molecule has 1 N–H and O–H groups in total. The summed E-state index contributed by atoms with van der Waals surface area (Å²) in [6.07, 6.45) is 9.11. The van der Waals surface area contributed by atoms with Crippen molar-refractivity contribution in [2.75, 3.05) is 24.7 Å². The molecular formula is C23H30N2O4. The first-order chi connectivity index (χ1) is 14.2. The van der Waals surface area contributed by atoms with Crippen LogP contribution in [0.5, 0.6) is 11.5 Å². The normalized spacial score (nSPS) is 31.3. The molecule has 0 spiro atoms. The summed E-state index contributed by atoms with van der Waals surface area (Å²) in [5.74, 6) is 2.78. The molecule has 6 nitrogen and oxygen atoms in total. The third-order valence-corrected chi connectivity index (χ3v) is 7.22. The largest absolute Gasteiger partial charge is 0.486 e. The minimum absolute atomic E-state index is 0.00202. The van der Waals surface area contributed by atoms with Gasteiger partial charge in [-0.3, -0.25) is 9.59 Å². The molecule has 2 aliphatic carbocycles. The molecule has 0 aromatic heterocycles. The van der Waals surface area contributed by atoms with Gasteiger partial charge in [-0.15, -0.1) is 0 Å². The summed E-state index contributed by atoms with van der Waals surface area (Å²) in [5, 5.41) is 3.27. The summed E-state index contributed by atoms with van der Waals surface area (Å²) in [7, 11) is 0. The SMILES string of the molecule is O=C(N[C@@H]1CC[C@@H]2CCCC[C@@H]2C1)[C@H]1CC(=O)N(c2ccc3c(c2)OCCO3)C1. The van der Waals surface area contributed by atoms with Crippen LogP contribution in [-0.2, 0) is 9.59 Å². The highest BCUT2D eigenvalue weighted by atomic mass is 16.6. The molecule has 0 unspecified atom stereocenters. The second-order valence-corrected chi connectivity index (χ2v) is 9.06. The summed E-state index contributed by atoms with van der Waals surface area (Å²) in [4.78, 5) is 27.2. The Bertz CT molecular complexity index is 795. The van der Waals surface area contributed by atoms with Gasteiger partial charge in [-0.1, -0.05) is 25.7 Å². The van der Waals surface area contributed by atoms with E-state index < -0.39 is 0 Å². The zero-order valence-electron chi connectivity index (χ0n) is 16.9. The second-order valence-electron chi connectivity index (χ2n) is 9.06. The third-order valence-electron chi connectivity index (χ3n) is 7.22. The van der Waals surface area contributed by atoms with Crippen LogP contribution < -0.4 is 19.7 Å². The number of nitrogens with zero attached hydrogens (tertiary/aromatic N) is 1. The van der Waals surface area contributed by atoms with E-state index in [4.69, 9.17) is 9.47 Å². The molecule has 4 aliphatic rings. The number of anilines is 1. The highest BCUT2D eigenvalue weighted by molar-refractivity contribution is 6.00. The molecule has 1 saturated heterocycles. The van der Waals surface area contributed by atoms with Crippen LogP contribution >= 0.6 is 0 Å². The number of carbonyl (C=O) groups excluding carboxylic acids is 2. The molecule has 156 valence electrons. The van der Waals surface area contributed by atoms with Crippen molar-refractivity contribution in [1.29, 1.82) is 0 Å². The Labute approximate surface area is 171 Å². The topological polar surface area (TPSA) is 67.9 Å². The van der Waals surface area contributed by atoms with Crippen molar-refractivity contribution < 1.29 is 19.1 Å². The van der Waals surface area contributed by atoms with Gasteiger partial charge in [0.1, 0.15) is 13.2 Å². The van der Waals surface area contributed by atoms with E-state index in [1.165, 1.54) is 32.1 Å². The van der Waals surface area contributed by atoms with Crippen LogP contribution in [0.4, 0.5) is 5.69 Å². The van der Waals surface area contributed by atoms with E-state index in [0.717, 1.165) is 30.4 Å². The van der Waals surface area contributed by atoms with Gasteiger partial charge in [0.25, 0.3) is 0 Å². The zero-order valence-corrected chi connectivity index (χ0v) is 16.9. The van der Waals surface area contributed by atoms with Gasteiger partial charge in [-0.05, 0) is 43.2 Å². The van der Waals surface area contributed by atoms with Crippen molar-refractivity contribution in [3.05, 3.63) is 18.2 Å². The summed E-state index contributed by atoms with van der Waals surface area (Å²) >= 11 is 0. The summed E-state index contributed by atoms with van der Waals surface area (Å²) in [6, 6.07) is 5.83. The molecule has 29 heavy (non-hydrogen) atoms. The number of carbonyl (C=O) groups is 2. The molecule has 0 radical (unpaired) electrons. The summed E-state index contributed by atoms with van der Waals surface area (Å²) in [5.41, 5.74) is 0.775. The molecule has 2 aliphatic heterocycles. The average molecular weight is 399 g/mol. The van der Waals surface area contributed by atoms with Gasteiger partial charge in [-0.2, -0.15) is 0 Å². The monoisotopic (exact) mass is 398 g/mol. The van der Waals surface area contributed by atoms with Gasteiger partial charge in [0.2, 0.25) is 11.8 Å². The predicted molar refractivity (Wildman–Crippen MR) is 109 cm³/mol. The van der Waals surface area contributed by atoms with Gasteiger partial charge in [0, 0.05) is 30.8 Å². The van der Waals surface area contributed by atoms with E-state index in [9.17, 15) is 9.59 Å². The van der Waals surface area contributed by atoms with Gasteiger partial charge in [-0.25, -0.2) is 0 Å². The summed E-state index contributed by atoms with van der Waals surface area (Å²) < 4.78 is 11.2. The number of hydrogen-bond donors (Lipinski definition) is 1. The Morgan fingerprint density at radius 1 is 1.00 bits per heavy atom. The van der Waals surface area contributed by atoms with Crippen molar-refractivity contribution in [2.45, 2.75) is 57.4 Å². The van der Waals surface area contributed by atoms with Crippen molar-refractivity contribution >= 4 is 17.5 Å². The lowest BCUT2D eigenvalue weighted by molar-refractivity contribution is -0.127. The first-order valence-electron chi connectivity index (χ1n) is 11.2. The van der Waals surface area contributed by atoms with E-state index in [-0.39, 0.29) is 30.2 Å². The third kappa shape index (κ3) is 3.81. The Balaban J connectivity index is 1.20. The van der Waals surface area contributed by atoms with Crippen molar-refractivity contribution in [3.8, 4) is 11.5 Å². The molecule has 1 aromatic rings. The standard InChI is InChI=1S/C23H30N2O4/c26-22-12-17(14-25(22)19-7-8-20-21(13-19)29-10-9-28-20)23(27)24-18-6-5-15-3-1-2-4-16(15)11-18/h7-8,13,15-18H,1-6,9-12,14H2,(H,24,27)/t15-,16+,17-,18+/m0/s1. The van der Waals surface area contributed by atoms with Crippen LogP contribution in [0.25, 0.3) is 0 Å². The van der Waals surface area contributed by atoms with E-state index in [2.05, 4.69) is 5.32 Å². The quantitative estimate of drug-likeness (QED) is 0.848. The molecule has 1 aromatic carbocycles. The molecule has 2 saturated carbocycles. The van der Waals surface area contributed by atoms with Crippen LogP contribution in [0.2, 0.25) is 0 Å². The average Bonchev–Trinajstić information content (AvgIpc) is 3.15. The number of hydrogen-bond acceptors (Lipinski definition) is 4. The zero-order chi connectivity index (χ0) is 19.8. The second kappa shape index (κ2) is 7.88. The van der Waals surface area contributed by atoms with E-state index >= 15 is 0 Å². The van der Waals surface area contributed by atoms with Crippen molar-refractivity contribution in [3.63, 3.8) is 0 Å². The molecule has 4 atom stereocenters. The van der Waals surface area contributed by atoms with E-state index in [1.807, 2.05) is 18.2 Å². The van der Waals surface area contributed by atoms with E-state index in [0.29, 0.717) is 31.3 Å². The van der Waals surface area contributed by atoms with Crippen molar-refractivity contribution in [2.24, 2.45) is 17.8 Å². The fourth-order valence-corrected chi connectivity index (χ4v) is 5.66. The molecule has 6 heteroatoms. The Morgan fingerprint density at radius 3 is 2.66 bits per heavy atom. The summed E-state index contributed by atoms with van der Waals surface area (Å²) in [6.45, 7) is 1.49. The highest BCUT2D eigenvalue weighted by Gasteiger charge is 2.38. The van der Waals surface area contributed by atoms with Crippen LogP contribution in [0.15, 0.2) is 18.2 Å². The minimum atomic E-state index is -0.278. The lowest BCUT2D eigenvalue weighted by Gasteiger charge is -2.39. The van der Waals surface area contributed by atoms with Crippen LogP contribution in [-0.4, -0.2) is 37.6 Å². The maximum absolute atomic E-state index is 12.9. The maximum Gasteiger partial charge on any atom is 0.227 e. The van der Waals surface area contributed by atoms with Crippen LogP contribution in [0, 0.1) is 17.8 Å². The molecular weight excluding hydrogens is 368 g/mol. The van der Waals surface area contributed by atoms with Gasteiger partial charge < -0.3 is 19.7 Å². The molecule has 2 heterocycles. The number of fused-ring (bicyclic) bond motifs is 2. The minimum Gasteiger partial charge on any atom is -0.486 e. The first-order valence-corrected chi connectivity index (χ1v) is 11.2. The van der Waals surface area contributed by atoms with Gasteiger partial charge in [0.15, 0.2) is 11.5 Å². The Kier molecular flexibility index (Phi) is 5.10. The smallest absolute Gasteiger partial charge is 0.227 e. The van der Waals surface area contributed by atoms with Gasteiger partial charge in [0.05, 0.1) is 5.92 Å². The number of nitrogens with one attached hydrogen (secondary N) is 1. The number of amides is 2. The fraction of sp³-hybridized carbons (Fsp3) is 0.652. The lowest BCUT2D eigenvalue weighted by atomic mass is 9.69. The van der Waals surface area contributed by atoms with Crippen LogP contribution in [0.3, 0.4) is 0 Å². The van der Waals surface area contributed by atoms with Gasteiger partial charge >= 0.3 is 0 Å². The predicted octanol–water partition coefficient (Wildman–Crippen LogP) is 3.29.